The Morgan fingerprint density at radius 2 is 1.74 bits per heavy atom. The Hall–Kier alpha value is -3.75. The number of aromatic nitrogens is 4. The van der Waals surface area contributed by atoms with Gasteiger partial charge in [-0.15, -0.1) is 21.5 Å². The van der Waals surface area contributed by atoms with E-state index in [1.54, 1.807) is 0 Å². The second kappa shape index (κ2) is 10.7. The molecule has 0 saturated carbocycles. The first-order chi connectivity index (χ1) is 17.2. The summed E-state index contributed by atoms with van der Waals surface area (Å²) in [6.07, 6.45) is 2.62. The van der Waals surface area contributed by atoms with Crippen LogP contribution < -0.4 is 5.32 Å². The van der Waals surface area contributed by atoms with E-state index in [9.17, 15) is 4.79 Å². The minimum Gasteiger partial charge on any atom is -0.301 e. The van der Waals surface area contributed by atoms with Crippen molar-refractivity contribution in [1.29, 1.82) is 0 Å². The molecule has 174 valence electrons. The summed E-state index contributed by atoms with van der Waals surface area (Å²) in [6, 6.07) is 28.3. The Bertz CT molecular complexity index is 1430. The first kappa shape index (κ1) is 23.0. The van der Waals surface area contributed by atoms with Crippen molar-refractivity contribution in [3.8, 4) is 17.1 Å². The summed E-state index contributed by atoms with van der Waals surface area (Å²) in [5, 5.41) is 13.0. The number of carbonyl (C=O) groups is 1. The molecule has 35 heavy (non-hydrogen) atoms. The van der Waals surface area contributed by atoms with E-state index in [4.69, 9.17) is 0 Å². The Morgan fingerprint density at radius 3 is 2.51 bits per heavy atom. The molecule has 5 rings (SSSR count). The lowest BCUT2D eigenvalue weighted by atomic mass is 10.1. The number of thioether (sulfide) groups is 1. The highest BCUT2D eigenvalue weighted by Crippen LogP contribution is 2.29. The molecule has 2 aromatic heterocycles. The third-order valence-electron chi connectivity index (χ3n) is 5.28. The van der Waals surface area contributed by atoms with Crippen LogP contribution in [-0.2, 0) is 11.2 Å². The van der Waals surface area contributed by atoms with Gasteiger partial charge in [0.2, 0.25) is 5.91 Å². The summed E-state index contributed by atoms with van der Waals surface area (Å²) in [5.74, 6) is 0.812. The Balaban J connectivity index is 1.30. The van der Waals surface area contributed by atoms with E-state index in [2.05, 4.69) is 51.7 Å². The van der Waals surface area contributed by atoms with Gasteiger partial charge in [0.25, 0.3) is 0 Å². The van der Waals surface area contributed by atoms with Crippen LogP contribution in [0.5, 0.6) is 0 Å². The van der Waals surface area contributed by atoms with E-state index in [-0.39, 0.29) is 11.7 Å². The molecule has 0 bridgehead atoms. The number of amides is 1. The van der Waals surface area contributed by atoms with E-state index >= 15 is 0 Å². The van der Waals surface area contributed by atoms with Gasteiger partial charge in [-0.05, 0) is 30.2 Å². The predicted octanol–water partition coefficient (Wildman–Crippen LogP) is 6.02. The monoisotopic (exact) mass is 497 g/mol. The zero-order chi connectivity index (χ0) is 24.0. The van der Waals surface area contributed by atoms with Crippen molar-refractivity contribution in [3.63, 3.8) is 0 Å². The third kappa shape index (κ3) is 5.67. The van der Waals surface area contributed by atoms with Gasteiger partial charge in [0.15, 0.2) is 16.1 Å². The number of carbonyl (C=O) groups excluding carboxylic acids is 1. The summed E-state index contributed by atoms with van der Waals surface area (Å²) in [6.45, 7) is 2.05. The number of rotatable bonds is 8. The van der Waals surface area contributed by atoms with Crippen molar-refractivity contribution >= 4 is 34.1 Å². The lowest BCUT2D eigenvalue weighted by Gasteiger charge is -2.11. The number of hydrogen-bond donors (Lipinski definition) is 1. The van der Waals surface area contributed by atoms with Gasteiger partial charge in [-0.1, -0.05) is 84.6 Å². The second-order valence-corrected chi connectivity index (χ2v) is 10.0. The van der Waals surface area contributed by atoms with Gasteiger partial charge in [0, 0.05) is 28.7 Å². The van der Waals surface area contributed by atoms with Crippen molar-refractivity contribution in [2.45, 2.75) is 18.5 Å². The van der Waals surface area contributed by atoms with Crippen LogP contribution in [-0.4, -0.2) is 31.4 Å². The smallest absolute Gasteiger partial charge is 0.236 e. The molecule has 0 aliphatic rings. The van der Waals surface area contributed by atoms with Gasteiger partial charge in [-0.3, -0.25) is 9.36 Å². The summed E-state index contributed by atoms with van der Waals surface area (Å²) < 4.78 is 2.00. The van der Waals surface area contributed by atoms with E-state index < -0.39 is 0 Å². The molecule has 0 atom stereocenters. The van der Waals surface area contributed by atoms with Crippen LogP contribution in [0, 0.1) is 6.92 Å². The summed E-state index contributed by atoms with van der Waals surface area (Å²) in [7, 11) is 0. The van der Waals surface area contributed by atoms with Gasteiger partial charge >= 0.3 is 0 Å². The molecule has 0 aliphatic heterocycles. The first-order valence-corrected chi connectivity index (χ1v) is 12.9. The van der Waals surface area contributed by atoms with E-state index in [0.717, 1.165) is 33.9 Å². The van der Waals surface area contributed by atoms with Crippen LogP contribution in [0.1, 0.15) is 16.0 Å². The molecule has 6 nitrogen and oxygen atoms in total. The molecule has 0 saturated heterocycles. The Kier molecular flexibility index (Phi) is 7.02. The van der Waals surface area contributed by atoms with Gasteiger partial charge in [-0.2, -0.15) is 0 Å². The molecule has 0 aliphatic carbocycles. The largest absolute Gasteiger partial charge is 0.301 e. The maximum atomic E-state index is 12.7. The van der Waals surface area contributed by atoms with Crippen molar-refractivity contribution in [1.82, 2.24) is 19.7 Å². The number of aryl methyl sites for hydroxylation is 1. The Morgan fingerprint density at radius 1 is 0.971 bits per heavy atom. The fourth-order valence-corrected chi connectivity index (χ4v) is 5.28. The fourth-order valence-electron chi connectivity index (χ4n) is 3.67. The average molecular weight is 498 g/mol. The number of nitrogens with zero attached hydrogens (tertiary/aromatic N) is 4. The first-order valence-electron chi connectivity index (χ1n) is 11.1. The van der Waals surface area contributed by atoms with Gasteiger partial charge in [-0.25, -0.2) is 4.98 Å². The van der Waals surface area contributed by atoms with Gasteiger partial charge < -0.3 is 5.32 Å². The van der Waals surface area contributed by atoms with E-state index in [1.807, 2.05) is 71.4 Å². The lowest BCUT2D eigenvalue weighted by Crippen LogP contribution is -2.14. The number of anilines is 1. The number of hydrogen-bond acceptors (Lipinski definition) is 6. The van der Waals surface area contributed by atoms with Crippen LogP contribution in [0.2, 0.25) is 0 Å². The van der Waals surface area contributed by atoms with Crippen LogP contribution in [0.25, 0.3) is 17.1 Å². The maximum absolute atomic E-state index is 12.7. The highest BCUT2D eigenvalue weighted by atomic mass is 32.2. The predicted molar refractivity (Wildman–Crippen MR) is 142 cm³/mol. The molecule has 2 heterocycles. The van der Waals surface area contributed by atoms with Gasteiger partial charge in [0.1, 0.15) is 0 Å². The lowest BCUT2D eigenvalue weighted by molar-refractivity contribution is -0.113. The van der Waals surface area contributed by atoms with Crippen molar-refractivity contribution in [2.75, 3.05) is 11.1 Å². The molecule has 0 fully saturated rings. The minimum atomic E-state index is -0.129. The third-order valence-corrected chi connectivity index (χ3v) is 7.12. The summed E-state index contributed by atoms with van der Waals surface area (Å²) in [4.78, 5) is 18.2. The highest BCUT2D eigenvalue weighted by Gasteiger charge is 2.18. The summed E-state index contributed by atoms with van der Waals surface area (Å²) >= 11 is 2.85. The number of benzene rings is 3. The van der Waals surface area contributed by atoms with Crippen molar-refractivity contribution in [3.05, 3.63) is 107 Å². The minimum absolute atomic E-state index is 0.129. The standard InChI is InChI=1S/C27H23N5OS2/c1-19-9-8-14-22(15-19)32-25(21-12-6-3-7-13-21)30-31-27(32)34-18-24(33)29-26-28-17-23(35-26)16-20-10-4-2-5-11-20/h2-15,17H,16,18H2,1H3,(H,28,29,33). The molecular formula is C27H23N5OS2. The molecule has 0 radical (unpaired) electrons. The SMILES string of the molecule is Cc1cccc(-n2c(SCC(=O)Nc3ncc(Cc4ccccc4)s3)nnc2-c2ccccc2)c1. The second-order valence-electron chi connectivity index (χ2n) is 7.98. The van der Waals surface area contributed by atoms with Crippen LogP contribution in [0.4, 0.5) is 5.13 Å². The zero-order valence-corrected chi connectivity index (χ0v) is 20.7. The molecular weight excluding hydrogens is 474 g/mol. The molecule has 1 N–H and O–H groups in total. The van der Waals surface area contributed by atoms with E-state index in [0.29, 0.717) is 10.3 Å². The molecule has 8 heteroatoms. The molecule has 0 spiro atoms. The number of thiazole rings is 1. The molecule has 5 aromatic rings. The van der Waals surface area contributed by atoms with E-state index in [1.165, 1.54) is 28.7 Å². The Labute approximate surface area is 212 Å². The fraction of sp³-hybridized carbons (Fsp3) is 0.111. The van der Waals surface area contributed by atoms with Crippen molar-refractivity contribution < 1.29 is 4.79 Å². The zero-order valence-electron chi connectivity index (χ0n) is 19.1. The van der Waals surface area contributed by atoms with Crippen LogP contribution >= 0.6 is 23.1 Å². The maximum Gasteiger partial charge on any atom is 0.236 e. The molecule has 3 aromatic carbocycles. The average Bonchev–Trinajstić information content (AvgIpc) is 3.50. The van der Waals surface area contributed by atoms with Gasteiger partial charge in [0.05, 0.1) is 5.75 Å². The topological polar surface area (TPSA) is 72.7 Å². The van der Waals surface area contributed by atoms with Crippen LogP contribution in [0.15, 0.2) is 96.3 Å². The van der Waals surface area contributed by atoms with Crippen LogP contribution in [0.3, 0.4) is 0 Å². The number of nitrogens with one attached hydrogen (secondary N) is 1. The summed E-state index contributed by atoms with van der Waals surface area (Å²) in [5.41, 5.74) is 4.28. The highest BCUT2D eigenvalue weighted by molar-refractivity contribution is 7.99. The normalized spacial score (nSPS) is 10.9. The molecule has 1 amide bonds. The quantitative estimate of drug-likeness (QED) is 0.265. The molecule has 0 unspecified atom stereocenters. The van der Waals surface area contributed by atoms with Crippen molar-refractivity contribution in [2.24, 2.45) is 0 Å².